The Hall–Kier alpha value is -1.85. The number of ether oxygens (including phenoxy) is 1. The highest BCUT2D eigenvalue weighted by Crippen LogP contribution is 2.32. The molecule has 2 aromatic heterocycles. The highest BCUT2D eigenvalue weighted by molar-refractivity contribution is 7.15. The van der Waals surface area contributed by atoms with Gasteiger partial charge in [0.1, 0.15) is 6.73 Å². The SMILES string of the molecule is CCCC(C(=O)O)[C@H](Cc1cnc(N)s1)c1nnnn1COCC[Si](C)(C)C. The van der Waals surface area contributed by atoms with E-state index in [2.05, 4.69) is 40.2 Å². The molecule has 3 N–H and O–H groups in total. The summed E-state index contributed by atoms with van der Waals surface area (Å²) < 4.78 is 7.35. The van der Waals surface area contributed by atoms with Crippen LogP contribution in [0.15, 0.2) is 6.20 Å². The van der Waals surface area contributed by atoms with Crippen LogP contribution in [0.1, 0.15) is 36.4 Å². The lowest BCUT2D eigenvalue weighted by Crippen LogP contribution is -2.27. The van der Waals surface area contributed by atoms with Gasteiger partial charge in [-0.1, -0.05) is 33.0 Å². The zero-order valence-electron chi connectivity index (χ0n) is 17.0. The molecule has 2 atom stereocenters. The molecular formula is C17H30N6O3SSi. The van der Waals surface area contributed by atoms with E-state index in [1.54, 1.807) is 10.9 Å². The molecule has 28 heavy (non-hydrogen) atoms. The normalized spacial score (nSPS) is 14.1. The minimum Gasteiger partial charge on any atom is -0.481 e. The van der Waals surface area contributed by atoms with Crippen LogP contribution in [0.2, 0.25) is 25.7 Å². The van der Waals surface area contributed by atoms with E-state index in [0.717, 1.165) is 17.3 Å². The zero-order chi connectivity index (χ0) is 20.7. The van der Waals surface area contributed by atoms with Crippen LogP contribution in [0.3, 0.4) is 0 Å². The van der Waals surface area contributed by atoms with Crippen molar-refractivity contribution in [1.29, 1.82) is 0 Å². The number of aliphatic carboxylic acids is 1. The number of carboxylic acid groups (broad SMARTS) is 1. The third-order valence-corrected chi connectivity index (χ3v) is 7.05. The number of hydrogen-bond acceptors (Lipinski definition) is 8. The van der Waals surface area contributed by atoms with Crippen molar-refractivity contribution < 1.29 is 14.6 Å². The Morgan fingerprint density at radius 2 is 2.18 bits per heavy atom. The number of rotatable bonds is 12. The first-order valence-corrected chi connectivity index (χ1v) is 14.0. The lowest BCUT2D eigenvalue weighted by atomic mass is 9.85. The average molecular weight is 427 g/mol. The zero-order valence-corrected chi connectivity index (χ0v) is 18.8. The molecule has 0 saturated carbocycles. The number of nitrogens with two attached hydrogens (primary N) is 1. The van der Waals surface area contributed by atoms with Crippen LogP contribution in [-0.4, -0.2) is 50.9 Å². The van der Waals surface area contributed by atoms with Gasteiger partial charge in [-0.3, -0.25) is 4.79 Å². The van der Waals surface area contributed by atoms with Crippen molar-refractivity contribution in [3.05, 3.63) is 16.9 Å². The molecule has 0 aliphatic heterocycles. The minimum absolute atomic E-state index is 0.215. The topological polar surface area (TPSA) is 129 Å². The number of carbonyl (C=O) groups is 1. The Morgan fingerprint density at radius 3 is 2.75 bits per heavy atom. The molecule has 2 aromatic rings. The molecule has 156 valence electrons. The van der Waals surface area contributed by atoms with Crippen molar-refractivity contribution in [1.82, 2.24) is 25.2 Å². The Labute approximate surface area is 170 Å². The van der Waals surface area contributed by atoms with Crippen molar-refractivity contribution >= 4 is 30.5 Å². The molecule has 0 spiro atoms. The second-order valence-corrected chi connectivity index (χ2v) is 14.9. The molecular weight excluding hydrogens is 396 g/mol. The maximum absolute atomic E-state index is 12.0. The lowest BCUT2D eigenvalue weighted by Gasteiger charge is -2.22. The number of nitrogen functional groups attached to an aromatic ring is 1. The molecule has 9 nitrogen and oxygen atoms in total. The highest BCUT2D eigenvalue weighted by atomic mass is 32.1. The molecule has 2 heterocycles. The summed E-state index contributed by atoms with van der Waals surface area (Å²) in [4.78, 5) is 17.0. The molecule has 0 aromatic carbocycles. The summed E-state index contributed by atoms with van der Waals surface area (Å²) in [6.45, 7) is 9.70. The quantitative estimate of drug-likeness (QED) is 0.391. The van der Waals surface area contributed by atoms with Crippen molar-refractivity contribution in [3.63, 3.8) is 0 Å². The first-order chi connectivity index (χ1) is 13.2. The van der Waals surface area contributed by atoms with Gasteiger partial charge in [0, 0.05) is 31.7 Å². The summed E-state index contributed by atoms with van der Waals surface area (Å²) in [5.74, 6) is -1.30. The monoisotopic (exact) mass is 426 g/mol. The third-order valence-electron chi connectivity index (χ3n) is 4.50. The number of carboxylic acids is 1. The van der Waals surface area contributed by atoms with Gasteiger partial charge in [-0.25, -0.2) is 9.67 Å². The van der Waals surface area contributed by atoms with Crippen LogP contribution >= 0.6 is 11.3 Å². The molecule has 0 amide bonds. The van der Waals surface area contributed by atoms with E-state index in [9.17, 15) is 9.90 Å². The van der Waals surface area contributed by atoms with Gasteiger partial charge in [0.05, 0.1) is 5.92 Å². The van der Waals surface area contributed by atoms with E-state index < -0.39 is 20.0 Å². The van der Waals surface area contributed by atoms with Crippen LogP contribution in [0, 0.1) is 5.92 Å². The Bertz CT molecular complexity index is 760. The van der Waals surface area contributed by atoms with E-state index in [-0.39, 0.29) is 12.6 Å². The van der Waals surface area contributed by atoms with Gasteiger partial charge >= 0.3 is 5.97 Å². The second kappa shape index (κ2) is 10.1. The van der Waals surface area contributed by atoms with Crippen molar-refractivity contribution in [2.75, 3.05) is 12.3 Å². The van der Waals surface area contributed by atoms with Gasteiger partial charge in [0.15, 0.2) is 11.0 Å². The fourth-order valence-corrected chi connectivity index (χ4v) is 4.45. The molecule has 0 aliphatic carbocycles. The second-order valence-electron chi connectivity index (χ2n) is 8.09. The van der Waals surface area contributed by atoms with E-state index in [1.807, 2.05) is 6.92 Å². The molecule has 0 saturated heterocycles. The summed E-state index contributed by atoms with van der Waals surface area (Å²) in [5.41, 5.74) is 5.74. The minimum atomic E-state index is -1.19. The fourth-order valence-electron chi connectivity index (χ4n) is 2.95. The summed E-state index contributed by atoms with van der Waals surface area (Å²) in [6, 6.07) is 1.04. The predicted molar refractivity (Wildman–Crippen MR) is 111 cm³/mol. The molecule has 0 radical (unpaired) electrons. The van der Waals surface area contributed by atoms with Gasteiger partial charge in [-0.05, 0) is 29.3 Å². The lowest BCUT2D eigenvalue weighted by molar-refractivity contribution is -0.143. The van der Waals surface area contributed by atoms with Crippen LogP contribution in [0.5, 0.6) is 0 Å². The summed E-state index contributed by atoms with van der Waals surface area (Å²) >= 11 is 1.36. The van der Waals surface area contributed by atoms with E-state index in [0.29, 0.717) is 30.4 Å². The number of tetrazole rings is 1. The number of hydrogen-bond donors (Lipinski definition) is 2. The molecule has 0 bridgehead atoms. The Morgan fingerprint density at radius 1 is 1.43 bits per heavy atom. The van der Waals surface area contributed by atoms with E-state index >= 15 is 0 Å². The first-order valence-electron chi connectivity index (χ1n) is 9.48. The van der Waals surface area contributed by atoms with Crippen molar-refractivity contribution in [3.8, 4) is 0 Å². The molecule has 2 rings (SSSR count). The predicted octanol–water partition coefficient (Wildman–Crippen LogP) is 2.85. The summed E-state index contributed by atoms with van der Waals surface area (Å²) in [6.07, 6.45) is 3.46. The van der Waals surface area contributed by atoms with Crippen LogP contribution in [-0.2, 0) is 22.7 Å². The van der Waals surface area contributed by atoms with Gasteiger partial charge in [-0.2, -0.15) is 0 Å². The van der Waals surface area contributed by atoms with Gasteiger partial charge in [0.2, 0.25) is 0 Å². The molecule has 11 heteroatoms. The summed E-state index contributed by atoms with van der Waals surface area (Å²) in [5, 5.41) is 22.2. The maximum atomic E-state index is 12.0. The van der Waals surface area contributed by atoms with Crippen LogP contribution in [0.4, 0.5) is 5.13 Å². The third kappa shape index (κ3) is 6.64. The Kier molecular flexibility index (Phi) is 8.07. The molecule has 0 aliphatic rings. The number of thiazole rings is 1. The van der Waals surface area contributed by atoms with Crippen LogP contribution < -0.4 is 5.73 Å². The van der Waals surface area contributed by atoms with E-state index in [4.69, 9.17) is 10.5 Å². The van der Waals surface area contributed by atoms with Crippen molar-refractivity contribution in [2.24, 2.45) is 5.92 Å². The number of nitrogens with zero attached hydrogens (tertiary/aromatic N) is 5. The summed E-state index contributed by atoms with van der Waals surface area (Å²) in [7, 11) is -1.19. The van der Waals surface area contributed by atoms with Gasteiger partial charge in [-0.15, -0.1) is 16.4 Å². The van der Waals surface area contributed by atoms with E-state index in [1.165, 1.54) is 11.3 Å². The fraction of sp³-hybridized carbons (Fsp3) is 0.706. The number of aromatic nitrogens is 5. The average Bonchev–Trinajstić information content (AvgIpc) is 3.22. The molecule has 0 fully saturated rings. The number of anilines is 1. The van der Waals surface area contributed by atoms with Gasteiger partial charge < -0.3 is 15.6 Å². The highest BCUT2D eigenvalue weighted by Gasteiger charge is 2.33. The molecule has 1 unspecified atom stereocenters. The standard InChI is InChI=1S/C17H30N6O3SSi/c1-5-6-13(16(24)25)14(9-12-10-19-17(18)27-12)15-20-21-22-23(15)11-26-7-8-28(2,3)4/h10,13-14H,5-9,11H2,1-4H3,(H2,18,19)(H,24,25)/t13?,14-/m0/s1. The van der Waals surface area contributed by atoms with Crippen LogP contribution in [0.25, 0.3) is 0 Å². The van der Waals surface area contributed by atoms with Gasteiger partial charge in [0.25, 0.3) is 0 Å². The smallest absolute Gasteiger partial charge is 0.307 e. The Balaban J connectivity index is 2.20. The maximum Gasteiger partial charge on any atom is 0.307 e. The first kappa shape index (κ1) is 22.4. The largest absolute Gasteiger partial charge is 0.481 e. The van der Waals surface area contributed by atoms with Crippen molar-refractivity contribution in [2.45, 2.75) is 64.5 Å².